The average molecular weight is 365 g/mol. The number of nitrogens with one attached hydrogen (secondary N) is 1. The lowest BCUT2D eigenvalue weighted by molar-refractivity contribution is -0.117. The molecule has 0 radical (unpaired) electrons. The minimum Gasteiger partial charge on any atom is -0.326 e. The fourth-order valence-corrected chi connectivity index (χ4v) is 2.85. The number of nitrogens with zero attached hydrogens (tertiary/aromatic N) is 1. The lowest BCUT2D eigenvalue weighted by Crippen LogP contribution is -2.32. The van der Waals surface area contributed by atoms with Crippen LogP contribution in [0.2, 0.25) is 10.0 Å². The van der Waals surface area contributed by atoms with E-state index in [4.69, 9.17) is 23.2 Å². The molecule has 0 unspecified atom stereocenters. The third-order valence-corrected chi connectivity index (χ3v) is 4.10. The Bertz CT molecular complexity index is 725. The van der Waals surface area contributed by atoms with Crippen molar-refractivity contribution in [2.24, 2.45) is 0 Å². The Morgan fingerprint density at radius 1 is 1.04 bits per heavy atom. The Kier molecular flexibility index (Phi) is 6.23. The third kappa shape index (κ3) is 4.73. The molecule has 0 aliphatic rings. The first-order chi connectivity index (χ1) is 11.4. The van der Waals surface area contributed by atoms with E-state index >= 15 is 0 Å². The van der Waals surface area contributed by atoms with Gasteiger partial charge in [-0.2, -0.15) is 0 Å². The van der Waals surface area contributed by atoms with Crippen molar-refractivity contribution in [3.63, 3.8) is 0 Å². The highest BCUT2D eigenvalue weighted by Gasteiger charge is 2.19. The van der Waals surface area contributed by atoms with Crippen LogP contribution in [0, 0.1) is 6.92 Å². The standard InChI is InChI=1S/C18H18Cl2N2O2/c1-12-6-8-14(9-7-12)21-17(24)10-11-22(13(2)23)18-15(19)4-3-5-16(18)20/h3-9H,10-11H2,1-2H3,(H,21,24). The normalized spacial score (nSPS) is 10.3. The monoisotopic (exact) mass is 364 g/mol. The molecule has 4 nitrogen and oxygen atoms in total. The first kappa shape index (κ1) is 18.3. The number of hydrogen-bond donors (Lipinski definition) is 1. The molecule has 2 rings (SSSR count). The molecule has 0 atom stereocenters. The third-order valence-electron chi connectivity index (χ3n) is 3.49. The molecule has 0 bridgehead atoms. The van der Waals surface area contributed by atoms with E-state index in [1.54, 1.807) is 18.2 Å². The number of amides is 2. The Labute approximate surface area is 151 Å². The summed E-state index contributed by atoms with van der Waals surface area (Å²) >= 11 is 12.3. The Balaban J connectivity index is 2.05. The van der Waals surface area contributed by atoms with Crippen LogP contribution in [0.5, 0.6) is 0 Å². The van der Waals surface area contributed by atoms with E-state index in [1.165, 1.54) is 11.8 Å². The van der Waals surface area contributed by atoms with Crippen molar-refractivity contribution in [2.75, 3.05) is 16.8 Å². The van der Waals surface area contributed by atoms with Gasteiger partial charge in [0.15, 0.2) is 0 Å². The lowest BCUT2D eigenvalue weighted by atomic mass is 10.2. The van der Waals surface area contributed by atoms with Crippen LogP contribution in [0.4, 0.5) is 11.4 Å². The number of rotatable bonds is 5. The van der Waals surface area contributed by atoms with E-state index in [0.29, 0.717) is 15.7 Å². The van der Waals surface area contributed by atoms with Crippen molar-refractivity contribution in [1.29, 1.82) is 0 Å². The molecule has 0 saturated heterocycles. The molecule has 6 heteroatoms. The molecule has 2 aromatic rings. The van der Waals surface area contributed by atoms with E-state index < -0.39 is 0 Å². The molecule has 2 aromatic carbocycles. The van der Waals surface area contributed by atoms with Gasteiger partial charge in [0, 0.05) is 25.6 Å². The molecule has 2 amide bonds. The van der Waals surface area contributed by atoms with Crippen molar-refractivity contribution in [3.8, 4) is 0 Å². The fraction of sp³-hybridized carbons (Fsp3) is 0.222. The molecule has 0 aliphatic heterocycles. The van der Waals surface area contributed by atoms with Crippen LogP contribution in [-0.4, -0.2) is 18.4 Å². The van der Waals surface area contributed by atoms with Gasteiger partial charge in [-0.15, -0.1) is 0 Å². The van der Waals surface area contributed by atoms with Crippen molar-refractivity contribution in [1.82, 2.24) is 0 Å². The smallest absolute Gasteiger partial charge is 0.226 e. The van der Waals surface area contributed by atoms with Crippen LogP contribution in [0.25, 0.3) is 0 Å². The molecular formula is C18H18Cl2N2O2. The number of hydrogen-bond acceptors (Lipinski definition) is 2. The number of carbonyl (C=O) groups excluding carboxylic acids is 2. The molecule has 0 saturated carbocycles. The maximum atomic E-state index is 12.1. The molecule has 24 heavy (non-hydrogen) atoms. The molecule has 126 valence electrons. The molecule has 0 fully saturated rings. The number of carbonyl (C=O) groups is 2. The number of anilines is 2. The van der Waals surface area contributed by atoms with Crippen molar-refractivity contribution < 1.29 is 9.59 Å². The van der Waals surface area contributed by atoms with Crippen LogP contribution in [-0.2, 0) is 9.59 Å². The predicted octanol–water partition coefficient (Wildman–Crippen LogP) is 4.68. The summed E-state index contributed by atoms with van der Waals surface area (Å²) in [7, 11) is 0. The van der Waals surface area contributed by atoms with Crippen molar-refractivity contribution in [3.05, 3.63) is 58.1 Å². The second-order valence-corrected chi connectivity index (χ2v) is 6.22. The summed E-state index contributed by atoms with van der Waals surface area (Å²) in [5, 5.41) is 3.55. The van der Waals surface area contributed by atoms with Gasteiger partial charge in [0.2, 0.25) is 11.8 Å². The van der Waals surface area contributed by atoms with Gasteiger partial charge >= 0.3 is 0 Å². The van der Waals surface area contributed by atoms with Crippen LogP contribution in [0.1, 0.15) is 18.9 Å². The quantitative estimate of drug-likeness (QED) is 0.836. The Hall–Kier alpha value is -2.04. The maximum Gasteiger partial charge on any atom is 0.226 e. The fourth-order valence-electron chi connectivity index (χ4n) is 2.25. The Morgan fingerprint density at radius 3 is 2.17 bits per heavy atom. The van der Waals surface area contributed by atoms with Gasteiger partial charge in [0.05, 0.1) is 15.7 Å². The highest BCUT2D eigenvalue weighted by atomic mass is 35.5. The van der Waals surface area contributed by atoms with Gasteiger partial charge in [-0.1, -0.05) is 47.0 Å². The summed E-state index contributed by atoms with van der Waals surface area (Å²) in [6.07, 6.45) is 0.134. The minimum absolute atomic E-state index is 0.134. The van der Waals surface area contributed by atoms with Crippen molar-refractivity contribution >= 4 is 46.4 Å². The molecule has 1 N–H and O–H groups in total. The van der Waals surface area contributed by atoms with Gasteiger partial charge in [0.1, 0.15) is 0 Å². The van der Waals surface area contributed by atoms with E-state index in [0.717, 1.165) is 11.3 Å². The second-order valence-electron chi connectivity index (χ2n) is 5.41. The summed E-state index contributed by atoms with van der Waals surface area (Å²) < 4.78 is 0. The largest absolute Gasteiger partial charge is 0.326 e. The van der Waals surface area contributed by atoms with Crippen LogP contribution in [0.3, 0.4) is 0 Å². The minimum atomic E-state index is -0.229. The highest BCUT2D eigenvalue weighted by molar-refractivity contribution is 6.39. The summed E-state index contributed by atoms with van der Waals surface area (Å²) in [6, 6.07) is 12.5. The average Bonchev–Trinajstić information content (AvgIpc) is 2.52. The number of para-hydroxylation sites is 1. The van der Waals surface area contributed by atoms with Gasteiger partial charge in [0.25, 0.3) is 0 Å². The zero-order valence-electron chi connectivity index (χ0n) is 13.5. The molecular weight excluding hydrogens is 347 g/mol. The molecule has 0 aliphatic carbocycles. The van der Waals surface area contributed by atoms with Crippen LogP contribution in [0.15, 0.2) is 42.5 Å². The topological polar surface area (TPSA) is 49.4 Å². The number of halogens is 2. The van der Waals surface area contributed by atoms with Gasteiger partial charge in [-0.05, 0) is 31.2 Å². The summed E-state index contributed by atoms with van der Waals surface area (Å²) in [5.74, 6) is -0.415. The van der Waals surface area contributed by atoms with Gasteiger partial charge < -0.3 is 10.2 Å². The SMILES string of the molecule is CC(=O)N(CCC(=O)Nc1ccc(C)cc1)c1c(Cl)cccc1Cl. The summed E-state index contributed by atoms with van der Waals surface area (Å²) in [6.45, 7) is 3.58. The van der Waals surface area contributed by atoms with E-state index in [9.17, 15) is 9.59 Å². The second kappa shape index (κ2) is 8.18. The van der Waals surface area contributed by atoms with E-state index in [-0.39, 0.29) is 24.8 Å². The Morgan fingerprint density at radius 2 is 1.62 bits per heavy atom. The number of benzene rings is 2. The molecule has 0 aromatic heterocycles. The van der Waals surface area contributed by atoms with Gasteiger partial charge in [-0.25, -0.2) is 0 Å². The first-order valence-corrected chi connectivity index (χ1v) is 8.22. The van der Waals surface area contributed by atoms with Crippen LogP contribution < -0.4 is 10.2 Å². The summed E-state index contributed by atoms with van der Waals surface area (Å²) in [5.41, 5.74) is 2.26. The predicted molar refractivity (Wildman–Crippen MR) is 98.9 cm³/mol. The summed E-state index contributed by atoms with van der Waals surface area (Å²) in [4.78, 5) is 25.5. The van der Waals surface area contributed by atoms with E-state index in [2.05, 4.69) is 5.32 Å². The molecule has 0 spiro atoms. The maximum absolute atomic E-state index is 12.1. The first-order valence-electron chi connectivity index (χ1n) is 7.47. The zero-order chi connectivity index (χ0) is 17.7. The highest BCUT2D eigenvalue weighted by Crippen LogP contribution is 2.33. The number of aryl methyl sites for hydroxylation is 1. The van der Waals surface area contributed by atoms with E-state index in [1.807, 2.05) is 31.2 Å². The van der Waals surface area contributed by atoms with Crippen molar-refractivity contribution in [2.45, 2.75) is 20.3 Å². The van der Waals surface area contributed by atoms with Gasteiger partial charge in [-0.3, -0.25) is 9.59 Å². The molecule has 0 heterocycles. The zero-order valence-corrected chi connectivity index (χ0v) is 15.0. The lowest BCUT2D eigenvalue weighted by Gasteiger charge is -2.23. The van der Waals surface area contributed by atoms with Crippen LogP contribution >= 0.6 is 23.2 Å².